The highest BCUT2D eigenvalue weighted by Crippen LogP contribution is 2.40. The fourth-order valence-corrected chi connectivity index (χ4v) is 8.13. The predicted octanol–water partition coefficient (Wildman–Crippen LogP) is 10.8. The average Bonchev–Trinajstić information content (AvgIpc) is 3.88. The van der Waals surface area contributed by atoms with Crippen LogP contribution in [0.2, 0.25) is 0 Å². The van der Waals surface area contributed by atoms with E-state index in [1.54, 1.807) is 0 Å². The highest BCUT2D eigenvalue weighted by Gasteiger charge is 2.30. The number of hydrogen-bond acceptors (Lipinski definition) is 5. The van der Waals surface area contributed by atoms with Crippen LogP contribution >= 0.6 is 0 Å². The molecule has 1 saturated heterocycles. The van der Waals surface area contributed by atoms with Gasteiger partial charge in [0, 0.05) is 38.0 Å². The molecule has 0 bridgehead atoms. The van der Waals surface area contributed by atoms with Crippen molar-refractivity contribution >= 4 is 65.7 Å². The Labute approximate surface area is 292 Å². The van der Waals surface area contributed by atoms with Crippen LogP contribution in [0.4, 0.5) is 0 Å². The first-order chi connectivity index (χ1) is 25.3. The molecule has 51 heavy (non-hydrogen) atoms. The Hall–Kier alpha value is -6.18. The summed E-state index contributed by atoms with van der Waals surface area (Å²) >= 11 is 0. The molecule has 1 aliphatic heterocycles. The van der Waals surface area contributed by atoms with Gasteiger partial charge >= 0.3 is 0 Å². The lowest BCUT2D eigenvalue weighted by Crippen LogP contribution is -2.54. The minimum Gasteiger partial charge on any atom is -0.452 e. The fraction of sp³-hybridized carbons (Fsp3) is 0.0667. The van der Waals surface area contributed by atoms with Crippen molar-refractivity contribution in [3.63, 3.8) is 0 Å². The minimum atomic E-state index is -0.150. The summed E-state index contributed by atoms with van der Waals surface area (Å²) < 4.78 is 15.2. The summed E-state index contributed by atoms with van der Waals surface area (Å²) in [6.07, 6.45) is -0.379. The number of aromatic nitrogens is 1. The SMILES string of the molecule is c1ccc(C2NC(c3cccc(-n4c5ccccc5c5ccccc54)c3)NC(c3ccc4oc5c(ccc6c7ccccc7oc65)c4c3)N2)cc1. The van der Waals surface area contributed by atoms with Gasteiger partial charge in [-0.2, -0.15) is 0 Å². The number of para-hydroxylation sites is 3. The van der Waals surface area contributed by atoms with Crippen LogP contribution < -0.4 is 16.0 Å². The first-order valence-electron chi connectivity index (χ1n) is 17.4. The van der Waals surface area contributed by atoms with Crippen molar-refractivity contribution in [2.75, 3.05) is 0 Å². The summed E-state index contributed by atoms with van der Waals surface area (Å²) in [5, 5.41) is 18.4. The van der Waals surface area contributed by atoms with Crippen LogP contribution in [0.5, 0.6) is 0 Å². The maximum atomic E-state index is 6.48. The van der Waals surface area contributed by atoms with Gasteiger partial charge in [0.05, 0.1) is 29.5 Å². The quantitative estimate of drug-likeness (QED) is 0.175. The second-order valence-electron chi connectivity index (χ2n) is 13.4. The largest absolute Gasteiger partial charge is 0.452 e. The molecule has 1 aliphatic rings. The summed E-state index contributed by atoms with van der Waals surface area (Å²) in [7, 11) is 0. The van der Waals surface area contributed by atoms with Gasteiger partial charge in [-0.1, -0.05) is 103 Å². The van der Waals surface area contributed by atoms with Crippen molar-refractivity contribution in [2.45, 2.75) is 18.5 Å². The number of benzene rings is 7. The van der Waals surface area contributed by atoms with Crippen molar-refractivity contribution in [3.8, 4) is 5.69 Å². The molecule has 0 saturated carbocycles. The van der Waals surface area contributed by atoms with Gasteiger partial charge in [0.25, 0.3) is 0 Å². The lowest BCUT2D eigenvalue weighted by atomic mass is 10.0. The Bertz CT molecular complexity index is 2880. The zero-order valence-corrected chi connectivity index (χ0v) is 27.5. The van der Waals surface area contributed by atoms with E-state index in [1.165, 1.54) is 27.4 Å². The molecule has 3 atom stereocenters. The van der Waals surface area contributed by atoms with Crippen LogP contribution in [0, 0.1) is 0 Å². The van der Waals surface area contributed by atoms with Crippen LogP contribution in [0.1, 0.15) is 35.2 Å². The van der Waals surface area contributed by atoms with Crippen molar-refractivity contribution in [3.05, 3.63) is 174 Å². The van der Waals surface area contributed by atoms with E-state index < -0.39 is 0 Å². The molecule has 244 valence electrons. The highest BCUT2D eigenvalue weighted by molar-refractivity contribution is 6.18. The molecule has 0 amide bonds. The molecule has 11 rings (SSSR count). The molecule has 3 aromatic heterocycles. The Balaban J connectivity index is 1.01. The fourth-order valence-electron chi connectivity index (χ4n) is 8.13. The van der Waals surface area contributed by atoms with Crippen LogP contribution in [0.15, 0.2) is 167 Å². The standard InChI is InChI=1S/C45H32N4O2/c1-2-11-27(12-3-1)43-46-44(28-13-10-14-30(25-28)49-37-18-7-4-15-31(37)32-16-5-8-19-38(32)49)48-45(47-43)29-21-24-40-36(26-29)35-23-22-34-33-17-6-9-20-39(33)50-41(34)42(35)51-40/h1-26,43-48H. The summed E-state index contributed by atoms with van der Waals surface area (Å²) in [6, 6.07) is 55.7. The second-order valence-corrected chi connectivity index (χ2v) is 13.4. The van der Waals surface area contributed by atoms with E-state index >= 15 is 0 Å². The molecule has 0 radical (unpaired) electrons. The van der Waals surface area contributed by atoms with Crippen LogP contribution in [-0.2, 0) is 0 Å². The lowest BCUT2D eigenvalue weighted by molar-refractivity contribution is 0.203. The zero-order chi connectivity index (χ0) is 33.5. The van der Waals surface area contributed by atoms with Crippen molar-refractivity contribution < 1.29 is 8.83 Å². The molecule has 0 spiro atoms. The maximum absolute atomic E-state index is 6.48. The van der Waals surface area contributed by atoms with E-state index in [-0.39, 0.29) is 18.5 Å². The molecular weight excluding hydrogens is 629 g/mol. The van der Waals surface area contributed by atoms with Gasteiger partial charge in [-0.05, 0) is 71.3 Å². The third kappa shape index (κ3) is 4.48. The van der Waals surface area contributed by atoms with Crippen LogP contribution in [0.3, 0.4) is 0 Å². The lowest BCUT2D eigenvalue weighted by Gasteiger charge is -2.39. The number of fused-ring (bicyclic) bond motifs is 10. The third-order valence-electron chi connectivity index (χ3n) is 10.5. The Morgan fingerprint density at radius 3 is 1.61 bits per heavy atom. The highest BCUT2D eigenvalue weighted by atomic mass is 16.4. The molecule has 4 heterocycles. The van der Waals surface area contributed by atoms with E-state index in [1.807, 2.05) is 18.2 Å². The summed E-state index contributed by atoms with van der Waals surface area (Å²) in [4.78, 5) is 0. The Kier molecular flexibility index (Phi) is 6.27. The number of furan rings is 2. The molecule has 3 N–H and O–H groups in total. The number of nitrogens with zero attached hydrogens (tertiary/aromatic N) is 1. The van der Waals surface area contributed by atoms with Crippen molar-refractivity contribution in [1.82, 2.24) is 20.5 Å². The molecule has 3 unspecified atom stereocenters. The van der Waals surface area contributed by atoms with Crippen molar-refractivity contribution in [1.29, 1.82) is 0 Å². The molecule has 1 fully saturated rings. The second kappa shape index (κ2) is 11.2. The first-order valence-corrected chi connectivity index (χ1v) is 17.4. The molecule has 10 aromatic rings. The van der Waals surface area contributed by atoms with Gasteiger partial charge in [0.1, 0.15) is 11.2 Å². The van der Waals surface area contributed by atoms with E-state index in [0.29, 0.717) is 0 Å². The van der Waals surface area contributed by atoms with Crippen molar-refractivity contribution in [2.24, 2.45) is 0 Å². The van der Waals surface area contributed by atoms with Gasteiger partial charge in [-0.3, -0.25) is 16.0 Å². The topological polar surface area (TPSA) is 67.3 Å². The zero-order valence-electron chi connectivity index (χ0n) is 27.5. The van der Waals surface area contributed by atoms with Gasteiger partial charge in [-0.15, -0.1) is 0 Å². The van der Waals surface area contributed by atoms with Gasteiger partial charge in [-0.25, -0.2) is 0 Å². The van der Waals surface area contributed by atoms with E-state index in [0.717, 1.165) is 60.7 Å². The Morgan fingerprint density at radius 1 is 0.373 bits per heavy atom. The van der Waals surface area contributed by atoms with E-state index in [4.69, 9.17) is 8.83 Å². The molecule has 0 aliphatic carbocycles. The number of nitrogens with one attached hydrogen (secondary N) is 3. The molecular formula is C45H32N4O2. The monoisotopic (exact) mass is 660 g/mol. The van der Waals surface area contributed by atoms with Gasteiger partial charge in [0.15, 0.2) is 11.2 Å². The predicted molar refractivity (Wildman–Crippen MR) is 206 cm³/mol. The molecule has 7 aromatic carbocycles. The summed E-state index contributed by atoms with van der Waals surface area (Å²) in [5.74, 6) is 0. The molecule has 6 nitrogen and oxygen atoms in total. The minimum absolute atomic E-state index is 0.0914. The van der Waals surface area contributed by atoms with Crippen LogP contribution in [0.25, 0.3) is 71.4 Å². The summed E-state index contributed by atoms with van der Waals surface area (Å²) in [6.45, 7) is 0. The first kappa shape index (κ1) is 28.6. The summed E-state index contributed by atoms with van der Waals surface area (Å²) in [5.41, 5.74) is 10.3. The smallest absolute Gasteiger partial charge is 0.178 e. The normalized spacial score (nSPS) is 18.2. The third-order valence-corrected chi connectivity index (χ3v) is 10.5. The van der Waals surface area contributed by atoms with Crippen LogP contribution in [-0.4, -0.2) is 4.57 Å². The van der Waals surface area contributed by atoms with E-state index in [2.05, 4.69) is 160 Å². The molecule has 6 heteroatoms. The van der Waals surface area contributed by atoms with Gasteiger partial charge < -0.3 is 13.4 Å². The van der Waals surface area contributed by atoms with Gasteiger partial charge in [0.2, 0.25) is 0 Å². The Morgan fingerprint density at radius 2 is 0.902 bits per heavy atom. The number of rotatable bonds is 4. The maximum Gasteiger partial charge on any atom is 0.178 e. The number of hydrogen-bond donors (Lipinski definition) is 3. The van der Waals surface area contributed by atoms with E-state index in [9.17, 15) is 0 Å². The average molecular weight is 661 g/mol.